The summed E-state index contributed by atoms with van der Waals surface area (Å²) < 4.78 is 0. The second kappa shape index (κ2) is 8.21. The fraction of sp³-hybridized carbons (Fsp3) is 0.636. The minimum Gasteiger partial charge on any atom is -0.370 e. The first-order valence-electron chi connectivity index (χ1n) is 5.85. The van der Waals surface area contributed by atoms with Crippen molar-refractivity contribution < 1.29 is 0 Å². The molecule has 1 aromatic heterocycles. The predicted octanol–water partition coefficient (Wildman–Crippen LogP) is 2.19. The summed E-state index contributed by atoms with van der Waals surface area (Å²) in [5, 5.41) is 1.05. The number of nitrogens with two attached hydrogens (primary N) is 1. The van der Waals surface area contributed by atoms with Crippen molar-refractivity contribution in [3.8, 4) is 0 Å². The molecule has 102 valence electrons. The van der Waals surface area contributed by atoms with Gasteiger partial charge in [-0.1, -0.05) is 6.92 Å². The molecule has 0 unspecified atom stereocenters. The van der Waals surface area contributed by atoms with Crippen LogP contribution in [0.4, 0.5) is 0 Å². The third-order valence-corrected chi connectivity index (χ3v) is 4.73. The Morgan fingerprint density at radius 2 is 2.22 bits per heavy atom. The summed E-state index contributed by atoms with van der Waals surface area (Å²) in [6, 6.07) is 0. The van der Waals surface area contributed by atoms with Gasteiger partial charge in [-0.3, -0.25) is 0 Å². The predicted molar refractivity (Wildman–Crippen MR) is 91.1 cm³/mol. The zero-order valence-corrected chi connectivity index (χ0v) is 14.4. The maximum Gasteiger partial charge on any atom is 0.191 e. The van der Waals surface area contributed by atoms with Crippen molar-refractivity contribution in [3.63, 3.8) is 0 Å². The van der Waals surface area contributed by atoms with Crippen molar-refractivity contribution >= 4 is 53.0 Å². The zero-order chi connectivity index (χ0) is 12.1. The number of nitrogens with zero attached hydrogens (tertiary/aromatic N) is 3. The van der Waals surface area contributed by atoms with Crippen LogP contribution < -0.4 is 5.73 Å². The first-order chi connectivity index (χ1) is 8.29. The van der Waals surface area contributed by atoms with Gasteiger partial charge in [0.2, 0.25) is 0 Å². The number of aryl methyl sites for hydroxylation is 1. The highest BCUT2D eigenvalue weighted by Crippen LogP contribution is 2.14. The van der Waals surface area contributed by atoms with Gasteiger partial charge in [-0.2, -0.15) is 11.8 Å². The van der Waals surface area contributed by atoms with E-state index >= 15 is 0 Å². The summed E-state index contributed by atoms with van der Waals surface area (Å²) in [4.78, 5) is 12.2. The van der Waals surface area contributed by atoms with E-state index in [2.05, 4.69) is 21.8 Å². The van der Waals surface area contributed by atoms with Crippen LogP contribution in [0.2, 0.25) is 0 Å². The highest BCUT2D eigenvalue weighted by atomic mass is 127. The number of hydrogen-bond donors (Lipinski definition) is 1. The number of aromatic nitrogens is 1. The van der Waals surface area contributed by atoms with Gasteiger partial charge in [0.05, 0.1) is 6.54 Å². The lowest BCUT2D eigenvalue weighted by atomic mass is 10.4. The minimum absolute atomic E-state index is 0. The molecule has 1 aliphatic heterocycles. The van der Waals surface area contributed by atoms with Crippen LogP contribution in [0.3, 0.4) is 0 Å². The molecule has 0 bridgehead atoms. The van der Waals surface area contributed by atoms with Gasteiger partial charge in [0, 0.05) is 35.7 Å². The lowest BCUT2D eigenvalue weighted by Gasteiger charge is -2.27. The third kappa shape index (κ3) is 4.58. The average molecular weight is 398 g/mol. The maximum atomic E-state index is 5.98. The van der Waals surface area contributed by atoms with Crippen LogP contribution in [0.15, 0.2) is 11.2 Å². The molecular formula is C11H19IN4S2. The molecule has 1 saturated heterocycles. The molecule has 1 fully saturated rings. The van der Waals surface area contributed by atoms with E-state index in [0.29, 0.717) is 12.5 Å². The lowest BCUT2D eigenvalue weighted by Crippen LogP contribution is -2.42. The van der Waals surface area contributed by atoms with Crippen molar-refractivity contribution in [2.24, 2.45) is 10.7 Å². The topological polar surface area (TPSA) is 54.5 Å². The summed E-state index contributed by atoms with van der Waals surface area (Å²) in [5.41, 5.74) is 5.98. The van der Waals surface area contributed by atoms with Gasteiger partial charge in [-0.15, -0.1) is 35.3 Å². The second-order valence-electron chi connectivity index (χ2n) is 3.85. The third-order valence-electron chi connectivity index (χ3n) is 2.66. The van der Waals surface area contributed by atoms with E-state index in [0.717, 1.165) is 36.0 Å². The molecule has 0 spiro atoms. The fourth-order valence-corrected chi connectivity index (χ4v) is 3.32. The van der Waals surface area contributed by atoms with Crippen molar-refractivity contribution in [1.29, 1.82) is 0 Å². The van der Waals surface area contributed by atoms with E-state index in [9.17, 15) is 0 Å². The Labute approximate surface area is 133 Å². The second-order valence-corrected chi connectivity index (χ2v) is 6.27. The number of thioether (sulfide) groups is 1. The molecule has 2 N–H and O–H groups in total. The first-order valence-corrected chi connectivity index (χ1v) is 7.83. The molecule has 0 saturated carbocycles. The normalized spacial score (nSPS) is 16.5. The molecular weight excluding hydrogens is 379 g/mol. The SMILES string of the molecule is CCc1cnc(CN=C(N)N2CCSCC2)s1.I. The fourth-order valence-electron chi connectivity index (χ4n) is 1.63. The average Bonchev–Trinajstić information content (AvgIpc) is 2.85. The van der Waals surface area contributed by atoms with Gasteiger partial charge in [0.25, 0.3) is 0 Å². The number of thiazole rings is 1. The Morgan fingerprint density at radius 1 is 1.50 bits per heavy atom. The van der Waals surface area contributed by atoms with Crippen LogP contribution in [0.5, 0.6) is 0 Å². The molecule has 1 aromatic rings. The number of halogens is 1. The van der Waals surface area contributed by atoms with Crippen LogP contribution in [0, 0.1) is 0 Å². The van der Waals surface area contributed by atoms with E-state index in [1.165, 1.54) is 4.88 Å². The minimum atomic E-state index is 0. The van der Waals surface area contributed by atoms with Crippen LogP contribution in [0.1, 0.15) is 16.8 Å². The number of aliphatic imine (C=N–C) groups is 1. The summed E-state index contributed by atoms with van der Waals surface area (Å²) in [6.45, 7) is 4.77. The molecule has 0 atom stereocenters. The maximum absolute atomic E-state index is 5.98. The monoisotopic (exact) mass is 398 g/mol. The van der Waals surface area contributed by atoms with Crippen LogP contribution in [0.25, 0.3) is 0 Å². The Hall–Kier alpha value is -0.0200. The van der Waals surface area contributed by atoms with Crippen LogP contribution in [-0.2, 0) is 13.0 Å². The summed E-state index contributed by atoms with van der Waals surface area (Å²) in [7, 11) is 0. The van der Waals surface area contributed by atoms with E-state index in [1.807, 2.05) is 18.0 Å². The number of rotatable bonds is 3. The number of guanidine groups is 1. The van der Waals surface area contributed by atoms with Gasteiger partial charge in [0.1, 0.15) is 5.01 Å². The summed E-state index contributed by atoms with van der Waals surface area (Å²) in [5.74, 6) is 2.96. The highest BCUT2D eigenvalue weighted by Gasteiger charge is 2.12. The molecule has 0 radical (unpaired) electrons. The van der Waals surface area contributed by atoms with Gasteiger partial charge in [-0.05, 0) is 6.42 Å². The van der Waals surface area contributed by atoms with E-state index in [-0.39, 0.29) is 24.0 Å². The Bertz CT molecular complexity index is 388. The molecule has 0 aliphatic carbocycles. The van der Waals surface area contributed by atoms with Gasteiger partial charge in [-0.25, -0.2) is 9.98 Å². The van der Waals surface area contributed by atoms with E-state index in [1.54, 1.807) is 11.3 Å². The summed E-state index contributed by atoms with van der Waals surface area (Å²) >= 11 is 3.70. The molecule has 2 rings (SSSR count). The Balaban J connectivity index is 0.00000162. The van der Waals surface area contributed by atoms with Crippen LogP contribution >= 0.6 is 47.1 Å². The van der Waals surface area contributed by atoms with Crippen molar-refractivity contribution in [2.75, 3.05) is 24.6 Å². The molecule has 18 heavy (non-hydrogen) atoms. The molecule has 1 aliphatic rings. The first kappa shape index (κ1) is 16.0. The van der Waals surface area contributed by atoms with Gasteiger partial charge < -0.3 is 10.6 Å². The van der Waals surface area contributed by atoms with Gasteiger partial charge in [0.15, 0.2) is 5.96 Å². The molecule has 7 heteroatoms. The molecule has 0 amide bonds. The zero-order valence-electron chi connectivity index (χ0n) is 10.5. The van der Waals surface area contributed by atoms with Crippen molar-refractivity contribution in [1.82, 2.24) is 9.88 Å². The molecule has 2 heterocycles. The molecule has 0 aromatic carbocycles. The largest absolute Gasteiger partial charge is 0.370 e. The summed E-state index contributed by atoms with van der Waals surface area (Å²) in [6.07, 6.45) is 2.98. The van der Waals surface area contributed by atoms with Crippen molar-refractivity contribution in [2.45, 2.75) is 19.9 Å². The van der Waals surface area contributed by atoms with E-state index < -0.39 is 0 Å². The van der Waals surface area contributed by atoms with Gasteiger partial charge >= 0.3 is 0 Å². The standard InChI is InChI=1S/C11H18N4S2.HI/c1-2-9-7-13-10(17-9)8-14-11(12)15-3-5-16-6-4-15;/h7H,2-6,8H2,1H3,(H2,12,14);1H. The van der Waals surface area contributed by atoms with Crippen LogP contribution in [-0.4, -0.2) is 40.4 Å². The number of hydrogen-bond acceptors (Lipinski definition) is 4. The van der Waals surface area contributed by atoms with E-state index in [4.69, 9.17) is 5.73 Å². The Kier molecular flexibility index (Phi) is 7.31. The Morgan fingerprint density at radius 3 is 2.83 bits per heavy atom. The molecule has 4 nitrogen and oxygen atoms in total. The quantitative estimate of drug-likeness (QED) is 0.482. The smallest absolute Gasteiger partial charge is 0.191 e. The lowest BCUT2D eigenvalue weighted by molar-refractivity contribution is 0.455. The highest BCUT2D eigenvalue weighted by molar-refractivity contribution is 14.0. The van der Waals surface area contributed by atoms with Crippen molar-refractivity contribution in [3.05, 3.63) is 16.1 Å².